The van der Waals surface area contributed by atoms with Gasteiger partial charge < -0.3 is 9.47 Å². The average molecular weight is 352 g/mol. The van der Waals surface area contributed by atoms with Gasteiger partial charge in [0.15, 0.2) is 14.2 Å². The van der Waals surface area contributed by atoms with Gasteiger partial charge in [0.2, 0.25) is 0 Å². The molecule has 0 aliphatic rings. The minimum atomic E-state index is -1.01. The van der Waals surface area contributed by atoms with Gasteiger partial charge >= 0.3 is 0 Å². The second-order valence-electron chi connectivity index (χ2n) is 7.81. The minimum absolute atomic E-state index is 0.158. The van der Waals surface area contributed by atoms with E-state index in [0.717, 1.165) is 6.42 Å². The Kier molecular flexibility index (Phi) is 6.97. The Morgan fingerprint density at radius 1 is 1.08 bits per heavy atom. The third-order valence-electron chi connectivity index (χ3n) is 4.05. The monoisotopic (exact) mass is 352 g/mol. The van der Waals surface area contributed by atoms with Crippen LogP contribution in [0.1, 0.15) is 57.8 Å². The molecule has 0 heterocycles. The van der Waals surface area contributed by atoms with Gasteiger partial charge in [-0.2, -0.15) is 0 Å². The summed E-state index contributed by atoms with van der Waals surface area (Å²) in [6.45, 7) is 10.3. The number of ether oxygens (including phenoxy) is 2. The number of carbonyl (C=O) groups is 1. The van der Waals surface area contributed by atoms with Crippen molar-refractivity contribution >= 4 is 14.2 Å². The Balaban J connectivity index is 3.20. The molecule has 2 unspecified atom stereocenters. The van der Waals surface area contributed by atoms with Crippen LogP contribution < -0.4 is 9.47 Å². The molecule has 1 rings (SSSR count). The summed E-state index contributed by atoms with van der Waals surface area (Å²) >= 11 is 0. The first-order valence-corrected chi connectivity index (χ1v) is 8.99. The molecule has 0 aliphatic carbocycles. The summed E-state index contributed by atoms with van der Waals surface area (Å²) in [7, 11) is 2.84. The van der Waals surface area contributed by atoms with Crippen molar-refractivity contribution in [2.45, 2.75) is 52.6 Å². The fraction of sp³-hybridized carbons (Fsp3) is 0.632. The van der Waals surface area contributed by atoms with Crippen molar-refractivity contribution in [3.05, 3.63) is 23.8 Å². The number of rotatable bonds is 8. The highest BCUT2D eigenvalue weighted by Crippen LogP contribution is 2.41. The van der Waals surface area contributed by atoms with Gasteiger partial charge in [0.1, 0.15) is 22.2 Å². The standard InChI is InChI=1S/C19H29O4P/c1-13(11-18(2,3)4)12-19(5,24-21)17(20)16-14(22-6)9-8-10-15(16)23-7/h8-10,13H,11-12H2,1-7H3. The molecule has 0 aliphatic heterocycles. The molecule has 5 heteroatoms. The van der Waals surface area contributed by atoms with E-state index < -0.39 is 5.16 Å². The van der Waals surface area contributed by atoms with E-state index in [-0.39, 0.29) is 25.6 Å². The summed E-state index contributed by atoms with van der Waals surface area (Å²) in [5.74, 6) is 0.936. The zero-order valence-electron chi connectivity index (χ0n) is 15.8. The Morgan fingerprint density at radius 3 is 1.96 bits per heavy atom. The highest BCUT2D eigenvalue weighted by molar-refractivity contribution is 7.28. The van der Waals surface area contributed by atoms with Crippen LogP contribution in [0.3, 0.4) is 0 Å². The first-order valence-electron chi connectivity index (χ1n) is 8.18. The lowest BCUT2D eigenvalue weighted by Gasteiger charge is -2.29. The molecule has 0 amide bonds. The maximum atomic E-state index is 13.2. The normalized spacial score (nSPS) is 15.6. The van der Waals surface area contributed by atoms with Gasteiger partial charge in [-0.15, -0.1) is 0 Å². The van der Waals surface area contributed by atoms with E-state index in [4.69, 9.17) is 9.47 Å². The number of carbonyl (C=O) groups excluding carboxylic acids is 1. The van der Waals surface area contributed by atoms with Crippen LogP contribution in [0.2, 0.25) is 0 Å². The molecule has 24 heavy (non-hydrogen) atoms. The Labute approximate surface area is 147 Å². The fourth-order valence-electron chi connectivity index (χ4n) is 3.31. The third kappa shape index (κ3) is 5.04. The van der Waals surface area contributed by atoms with Crippen LogP contribution in [0.25, 0.3) is 0 Å². The molecular weight excluding hydrogens is 323 g/mol. The highest BCUT2D eigenvalue weighted by atomic mass is 31.1. The number of ketones is 1. The van der Waals surface area contributed by atoms with Crippen molar-refractivity contribution in [1.82, 2.24) is 0 Å². The summed E-state index contributed by atoms with van der Waals surface area (Å²) in [6.07, 6.45) is 1.49. The maximum Gasteiger partial charge on any atom is 0.187 e. The topological polar surface area (TPSA) is 52.6 Å². The van der Waals surface area contributed by atoms with Gasteiger partial charge in [0.25, 0.3) is 0 Å². The first kappa shape index (κ1) is 20.6. The molecule has 4 nitrogen and oxygen atoms in total. The van der Waals surface area contributed by atoms with Crippen molar-refractivity contribution in [2.75, 3.05) is 14.2 Å². The van der Waals surface area contributed by atoms with Gasteiger partial charge in [-0.05, 0) is 43.2 Å². The van der Waals surface area contributed by atoms with Crippen LogP contribution >= 0.6 is 8.46 Å². The predicted octanol–water partition coefficient (Wildman–Crippen LogP) is 5.40. The summed E-state index contributed by atoms with van der Waals surface area (Å²) in [5, 5.41) is -1.01. The Morgan fingerprint density at radius 2 is 1.58 bits per heavy atom. The molecule has 0 radical (unpaired) electrons. The molecule has 1 aromatic rings. The van der Waals surface area contributed by atoms with E-state index in [2.05, 4.69) is 27.7 Å². The smallest absolute Gasteiger partial charge is 0.187 e. The van der Waals surface area contributed by atoms with Crippen molar-refractivity contribution in [1.29, 1.82) is 0 Å². The quantitative estimate of drug-likeness (QED) is 0.464. The van der Waals surface area contributed by atoms with E-state index in [9.17, 15) is 9.36 Å². The minimum Gasteiger partial charge on any atom is -0.496 e. The molecule has 0 saturated carbocycles. The fourth-order valence-corrected chi connectivity index (χ4v) is 3.89. The van der Waals surface area contributed by atoms with Crippen molar-refractivity contribution in [3.63, 3.8) is 0 Å². The summed E-state index contributed by atoms with van der Waals surface area (Å²) in [4.78, 5) is 13.2. The van der Waals surface area contributed by atoms with Gasteiger partial charge in [-0.3, -0.25) is 9.36 Å². The second kappa shape index (κ2) is 8.11. The lowest BCUT2D eigenvalue weighted by Crippen LogP contribution is -2.33. The van der Waals surface area contributed by atoms with E-state index >= 15 is 0 Å². The van der Waals surface area contributed by atoms with E-state index in [1.54, 1.807) is 25.1 Å². The summed E-state index contributed by atoms with van der Waals surface area (Å²) < 4.78 is 22.6. The summed E-state index contributed by atoms with van der Waals surface area (Å²) in [6, 6.07) is 5.20. The van der Waals surface area contributed by atoms with Gasteiger partial charge in [0.05, 0.1) is 14.2 Å². The number of hydrogen-bond donors (Lipinski definition) is 0. The number of methoxy groups -OCH3 is 2. The number of benzene rings is 1. The molecule has 0 aromatic heterocycles. The zero-order valence-corrected chi connectivity index (χ0v) is 16.7. The SMILES string of the molecule is COc1cccc(OC)c1C(=O)C(C)(CC(C)CC(C)(C)C)P=O. The molecule has 0 N–H and O–H groups in total. The lowest BCUT2D eigenvalue weighted by atomic mass is 9.80. The molecule has 0 saturated heterocycles. The van der Waals surface area contributed by atoms with Crippen molar-refractivity contribution in [2.24, 2.45) is 11.3 Å². The molecule has 0 bridgehead atoms. The molecule has 0 fully saturated rings. The number of hydrogen-bond acceptors (Lipinski definition) is 4. The molecule has 0 spiro atoms. The second-order valence-corrected chi connectivity index (χ2v) is 8.98. The van der Waals surface area contributed by atoms with Crippen molar-refractivity contribution in [3.8, 4) is 11.5 Å². The molecule has 1 aromatic carbocycles. The van der Waals surface area contributed by atoms with Crippen LogP contribution in [0, 0.1) is 11.3 Å². The van der Waals surface area contributed by atoms with Crippen LogP contribution in [0.4, 0.5) is 0 Å². The average Bonchev–Trinajstić information content (AvgIpc) is 2.51. The van der Waals surface area contributed by atoms with Gasteiger partial charge in [-0.25, -0.2) is 0 Å². The first-order chi connectivity index (χ1) is 11.1. The highest BCUT2D eigenvalue weighted by Gasteiger charge is 2.40. The maximum absolute atomic E-state index is 13.2. The molecule has 134 valence electrons. The third-order valence-corrected chi connectivity index (χ3v) is 4.84. The van der Waals surface area contributed by atoms with Crippen LogP contribution in [-0.4, -0.2) is 25.2 Å². The number of Topliss-reactive ketones (excluding diaryl/α,β-unsaturated/α-hetero) is 1. The molecular formula is C19H29O4P. The van der Waals surface area contributed by atoms with Gasteiger partial charge in [0, 0.05) is 0 Å². The predicted molar refractivity (Wildman–Crippen MR) is 97.7 cm³/mol. The van der Waals surface area contributed by atoms with Crippen LogP contribution in [0.5, 0.6) is 11.5 Å². The van der Waals surface area contributed by atoms with E-state index in [1.165, 1.54) is 14.2 Å². The van der Waals surface area contributed by atoms with Crippen LogP contribution in [0.15, 0.2) is 18.2 Å². The van der Waals surface area contributed by atoms with E-state index in [0.29, 0.717) is 23.5 Å². The molecule has 2 atom stereocenters. The lowest BCUT2D eigenvalue weighted by molar-refractivity contribution is 0.0922. The Hall–Kier alpha value is -1.41. The van der Waals surface area contributed by atoms with Gasteiger partial charge in [-0.1, -0.05) is 33.8 Å². The Bertz CT molecular complexity index is 569. The zero-order chi connectivity index (χ0) is 18.5. The van der Waals surface area contributed by atoms with Crippen LogP contribution in [-0.2, 0) is 4.57 Å². The van der Waals surface area contributed by atoms with E-state index in [1.807, 2.05) is 0 Å². The largest absolute Gasteiger partial charge is 0.496 e. The van der Waals surface area contributed by atoms with Crippen molar-refractivity contribution < 1.29 is 18.8 Å². The summed E-state index contributed by atoms with van der Waals surface area (Å²) in [5.41, 5.74) is 0.516.